The molecule has 0 radical (unpaired) electrons. The van der Waals surface area contributed by atoms with E-state index in [1.807, 2.05) is 19.1 Å². The normalized spacial score (nSPS) is 23.9. The van der Waals surface area contributed by atoms with Crippen LogP contribution in [0.2, 0.25) is 0 Å². The second kappa shape index (κ2) is 16.3. The van der Waals surface area contributed by atoms with E-state index in [4.69, 9.17) is 9.47 Å². The standard InChI is InChI=1S/C44H56N4O6/c1-9-12-13-14-27(22-49)17-18-54-37(50)16-15-30-25(6)33-19-31-23(4)28(10-2)35(45-31)20-32-24(5)29(11-3)36(46-32)21-34-26(7)38-42(48-34)39(41(30)47-33)40(43(38)51)44(52)53-8/h10,17,19-21,25,30,40,43,45-49,51H,2,9,11-16,18,22H2,1,3-8H3/b27-17-,32-20-,33-19-,36-21-,41-39-/t25-,30-,40+,43?/m0/s1. The Kier molecular flexibility index (Phi) is 11.7. The highest BCUT2D eigenvalue weighted by Gasteiger charge is 2.48. The van der Waals surface area contributed by atoms with Crippen LogP contribution >= 0.6 is 0 Å². The monoisotopic (exact) mass is 736 g/mol. The van der Waals surface area contributed by atoms with E-state index in [0.717, 1.165) is 99.1 Å². The maximum atomic E-state index is 13.6. The van der Waals surface area contributed by atoms with E-state index in [1.54, 1.807) is 0 Å². The molecular weight excluding hydrogens is 681 g/mol. The molecule has 5 heterocycles. The average molecular weight is 737 g/mol. The molecule has 0 saturated carbocycles. The lowest BCUT2D eigenvalue weighted by Crippen LogP contribution is -2.24. The molecule has 4 atom stereocenters. The van der Waals surface area contributed by atoms with Crippen LogP contribution in [0, 0.1) is 38.5 Å². The minimum atomic E-state index is -1.13. The summed E-state index contributed by atoms with van der Waals surface area (Å²) in [5.41, 5.74) is 12.6. The van der Waals surface area contributed by atoms with E-state index >= 15 is 0 Å². The smallest absolute Gasteiger partial charge is 0.316 e. The first-order valence-corrected chi connectivity index (χ1v) is 19.4. The zero-order valence-electron chi connectivity index (χ0n) is 32.8. The van der Waals surface area contributed by atoms with Crippen LogP contribution in [0.15, 0.2) is 29.6 Å². The first-order chi connectivity index (χ1) is 26.0. The molecule has 1 fully saturated rings. The van der Waals surface area contributed by atoms with Gasteiger partial charge in [-0.15, -0.1) is 0 Å². The molecule has 3 aliphatic rings. The second-order valence-electron chi connectivity index (χ2n) is 14.9. The summed E-state index contributed by atoms with van der Waals surface area (Å²) in [4.78, 5) is 37.7. The summed E-state index contributed by atoms with van der Waals surface area (Å²) in [7, 11) is 1.34. The third-order valence-electron chi connectivity index (χ3n) is 11.9. The van der Waals surface area contributed by atoms with Crippen molar-refractivity contribution in [2.45, 2.75) is 92.6 Å². The first-order valence-electron chi connectivity index (χ1n) is 19.4. The fraction of sp³-hybridized carbons (Fsp3) is 0.455. The largest absolute Gasteiger partial charge is 0.468 e. The topological polar surface area (TPSA) is 152 Å². The van der Waals surface area contributed by atoms with Crippen molar-refractivity contribution in [1.29, 1.82) is 0 Å². The van der Waals surface area contributed by atoms with Crippen molar-refractivity contribution >= 4 is 41.8 Å². The summed E-state index contributed by atoms with van der Waals surface area (Å²) in [6.45, 7) is 16.8. The van der Waals surface area contributed by atoms with Gasteiger partial charge in [-0.1, -0.05) is 46.3 Å². The van der Waals surface area contributed by atoms with Crippen LogP contribution in [0.4, 0.5) is 0 Å². The van der Waals surface area contributed by atoms with Crippen molar-refractivity contribution in [2.24, 2.45) is 17.8 Å². The van der Waals surface area contributed by atoms with Gasteiger partial charge >= 0.3 is 11.9 Å². The number of aliphatic hydroxyl groups excluding tert-OH is 2. The van der Waals surface area contributed by atoms with E-state index < -0.39 is 18.0 Å². The highest BCUT2D eigenvalue weighted by atomic mass is 16.5. The van der Waals surface area contributed by atoms with E-state index in [-0.39, 0.29) is 37.4 Å². The van der Waals surface area contributed by atoms with Crippen LogP contribution in [0.1, 0.15) is 122 Å². The molecule has 2 aliphatic heterocycles. The molecule has 1 saturated heterocycles. The fourth-order valence-corrected chi connectivity index (χ4v) is 8.63. The molecule has 1 aliphatic carbocycles. The van der Waals surface area contributed by atoms with Crippen LogP contribution in [0.3, 0.4) is 0 Å². The van der Waals surface area contributed by atoms with Crippen LogP contribution < -0.4 is 16.0 Å². The Labute approximate surface area is 317 Å². The molecule has 54 heavy (non-hydrogen) atoms. The van der Waals surface area contributed by atoms with Crippen LogP contribution in [0.25, 0.3) is 29.9 Å². The number of hydrogen-bond donors (Lipinski definition) is 6. The maximum absolute atomic E-state index is 13.6. The lowest BCUT2D eigenvalue weighted by molar-refractivity contribution is -0.146. The summed E-state index contributed by atoms with van der Waals surface area (Å²) < 4.78 is 10.9. The number of carbonyl (C=O) groups is 2. The van der Waals surface area contributed by atoms with Gasteiger partial charge in [0.2, 0.25) is 0 Å². The number of methoxy groups -OCH3 is 1. The molecule has 6 rings (SSSR count). The minimum Gasteiger partial charge on any atom is -0.468 e. The van der Waals surface area contributed by atoms with Crippen LogP contribution in [-0.4, -0.2) is 57.4 Å². The number of esters is 2. The molecule has 0 amide bonds. The third-order valence-corrected chi connectivity index (χ3v) is 11.9. The third kappa shape index (κ3) is 7.09. The quantitative estimate of drug-likeness (QED) is 0.0712. The van der Waals surface area contributed by atoms with E-state index in [0.29, 0.717) is 23.3 Å². The molecule has 0 aromatic carbocycles. The SMILES string of the molecule is C=Cc1c2[nH]c(c1C)/C=C1\N/C(=C3\c4[nH]c(c(C)c4C(O)[C@@H]3C(=O)OC)/C=c3\[nH]/c(c(C)c3CC)=C\2)[C@@H](CCC(=O)OC/C=C(\CO)CCCCC)[C@@H]1C. The Balaban J connectivity index is 1.49. The number of aliphatic hydroxyl groups is 2. The van der Waals surface area contributed by atoms with Gasteiger partial charge < -0.3 is 40.0 Å². The Morgan fingerprint density at radius 1 is 0.944 bits per heavy atom. The number of rotatable bonds is 13. The van der Waals surface area contributed by atoms with Crippen LogP contribution in [0.5, 0.6) is 0 Å². The number of aromatic amines is 3. The predicted octanol–water partition coefficient (Wildman–Crippen LogP) is 6.04. The number of aromatic nitrogens is 3. The maximum Gasteiger partial charge on any atom is 0.316 e. The number of H-pyrrole nitrogens is 3. The predicted molar refractivity (Wildman–Crippen MR) is 213 cm³/mol. The molecule has 0 spiro atoms. The molecular formula is C44H56N4O6. The zero-order valence-corrected chi connectivity index (χ0v) is 32.8. The van der Waals surface area contributed by atoms with Gasteiger partial charge in [0.25, 0.3) is 0 Å². The molecule has 8 bridgehead atoms. The average Bonchev–Trinajstić information content (AvgIpc) is 3.90. The van der Waals surface area contributed by atoms with Crippen molar-refractivity contribution in [1.82, 2.24) is 20.3 Å². The summed E-state index contributed by atoms with van der Waals surface area (Å²) in [5.74, 6) is -2.13. The lowest BCUT2D eigenvalue weighted by atomic mass is 9.84. The Morgan fingerprint density at radius 3 is 2.37 bits per heavy atom. The number of unbranched alkanes of at least 4 members (excludes halogenated alkanes) is 2. The van der Waals surface area contributed by atoms with Gasteiger partial charge in [0.1, 0.15) is 12.5 Å². The summed E-state index contributed by atoms with van der Waals surface area (Å²) >= 11 is 0. The summed E-state index contributed by atoms with van der Waals surface area (Å²) in [6.07, 6.45) is 14.3. The number of carbonyl (C=O) groups excluding carboxylic acids is 2. The summed E-state index contributed by atoms with van der Waals surface area (Å²) in [6, 6.07) is 0. The van der Waals surface area contributed by atoms with Crippen LogP contribution in [-0.2, 0) is 25.5 Å². The second-order valence-corrected chi connectivity index (χ2v) is 14.9. The van der Waals surface area contributed by atoms with Gasteiger partial charge in [0, 0.05) is 74.1 Å². The molecule has 3 aromatic heterocycles. The van der Waals surface area contributed by atoms with Crippen molar-refractivity contribution in [3.8, 4) is 0 Å². The molecule has 6 N–H and O–H groups in total. The number of fused-ring (bicyclic) bond motifs is 7. The number of allylic oxidation sites excluding steroid dienone is 2. The Morgan fingerprint density at radius 2 is 1.69 bits per heavy atom. The summed E-state index contributed by atoms with van der Waals surface area (Å²) in [5, 5.41) is 27.4. The minimum absolute atomic E-state index is 0.0507. The van der Waals surface area contributed by atoms with Gasteiger partial charge in [-0.25, -0.2) is 0 Å². The first kappa shape index (κ1) is 38.9. The van der Waals surface area contributed by atoms with Gasteiger partial charge in [-0.05, 0) is 98.6 Å². The van der Waals surface area contributed by atoms with E-state index in [9.17, 15) is 19.8 Å². The number of hydrogen-bond acceptors (Lipinski definition) is 7. The van der Waals surface area contributed by atoms with Gasteiger partial charge in [0.15, 0.2) is 0 Å². The van der Waals surface area contributed by atoms with Gasteiger partial charge in [-0.3, -0.25) is 9.59 Å². The van der Waals surface area contributed by atoms with Gasteiger partial charge in [0.05, 0.1) is 25.5 Å². The van der Waals surface area contributed by atoms with E-state index in [2.05, 4.69) is 79.7 Å². The van der Waals surface area contributed by atoms with Gasteiger partial charge in [-0.2, -0.15) is 0 Å². The van der Waals surface area contributed by atoms with E-state index in [1.165, 1.54) is 12.7 Å². The number of ether oxygens (including phenoxy) is 2. The van der Waals surface area contributed by atoms with Crippen molar-refractivity contribution in [3.05, 3.63) is 96.5 Å². The molecule has 3 aromatic rings. The molecule has 288 valence electrons. The Hall–Kier alpha value is -4.80. The van der Waals surface area contributed by atoms with Crippen molar-refractivity contribution in [3.63, 3.8) is 0 Å². The highest BCUT2D eigenvalue weighted by molar-refractivity contribution is 5.95. The Bertz CT molecular complexity index is 2170. The molecule has 1 unspecified atom stereocenters. The van der Waals surface area contributed by atoms with Crippen molar-refractivity contribution in [2.75, 3.05) is 20.3 Å². The molecule has 10 nitrogen and oxygen atoms in total. The zero-order chi connectivity index (χ0) is 38.8. The van der Waals surface area contributed by atoms with Crippen molar-refractivity contribution < 1.29 is 29.3 Å². The highest BCUT2D eigenvalue weighted by Crippen LogP contribution is 2.52. The number of nitrogens with one attached hydrogen (secondary N) is 4. The lowest BCUT2D eigenvalue weighted by Gasteiger charge is -2.21. The molecule has 10 heteroatoms. The fourth-order valence-electron chi connectivity index (χ4n) is 8.63.